The zero-order valence-electron chi connectivity index (χ0n) is 24.1. The van der Waals surface area contributed by atoms with Gasteiger partial charge in [0.05, 0.1) is 18.8 Å². The van der Waals surface area contributed by atoms with Crippen molar-refractivity contribution in [3.8, 4) is 0 Å². The quantitative estimate of drug-likeness (QED) is 0.0679. The van der Waals surface area contributed by atoms with Crippen molar-refractivity contribution in [1.82, 2.24) is 5.32 Å². The van der Waals surface area contributed by atoms with Crippen molar-refractivity contribution in [2.75, 3.05) is 13.2 Å². The Kier molecular flexibility index (Phi) is 16.4. The lowest BCUT2D eigenvalue weighted by molar-refractivity contribution is -0.757. The lowest BCUT2D eigenvalue weighted by Gasteiger charge is -2.21. The van der Waals surface area contributed by atoms with Gasteiger partial charge in [-0.05, 0) is 69.4 Å². The van der Waals surface area contributed by atoms with Crippen LogP contribution in [0.5, 0.6) is 0 Å². The van der Waals surface area contributed by atoms with Crippen LogP contribution in [0.3, 0.4) is 0 Å². The lowest BCUT2D eigenvalue weighted by Crippen LogP contribution is -2.22. The van der Waals surface area contributed by atoms with Gasteiger partial charge in [-0.3, -0.25) is 9.59 Å². The van der Waals surface area contributed by atoms with Crippen LogP contribution in [0.4, 0.5) is 0 Å². The molecule has 41 heavy (non-hydrogen) atoms. The second-order valence-corrected chi connectivity index (χ2v) is 10.5. The number of allylic oxidation sites excluding steroid dienone is 2. The Hall–Kier alpha value is -3.24. The SMILES string of the molecule is CCNC(=O)CCC/C=C\CC1[C@@H](/C=C/[C@H](CCc2ccccc2)OC(=O)CCCCCO[N+](=O)[O-])[C@H](O)C[C@@H]1O. The summed E-state index contributed by atoms with van der Waals surface area (Å²) in [4.78, 5) is 38.7. The molecule has 0 aliphatic heterocycles. The topological polar surface area (TPSA) is 148 Å². The molecule has 1 aliphatic rings. The van der Waals surface area contributed by atoms with Gasteiger partial charge < -0.3 is 25.1 Å². The molecule has 3 N–H and O–H groups in total. The number of aryl methyl sites for hydroxylation is 1. The highest BCUT2D eigenvalue weighted by atomic mass is 16.9. The van der Waals surface area contributed by atoms with Crippen molar-refractivity contribution < 1.29 is 34.5 Å². The summed E-state index contributed by atoms with van der Waals surface area (Å²) in [6, 6.07) is 9.91. The van der Waals surface area contributed by atoms with E-state index < -0.39 is 23.4 Å². The molecule has 1 saturated carbocycles. The summed E-state index contributed by atoms with van der Waals surface area (Å²) < 4.78 is 5.78. The molecule has 0 aromatic heterocycles. The van der Waals surface area contributed by atoms with Gasteiger partial charge in [0.1, 0.15) is 6.10 Å². The van der Waals surface area contributed by atoms with E-state index in [1.54, 1.807) is 0 Å². The molecule has 2 rings (SSSR count). The first kappa shape index (κ1) is 34.0. The third kappa shape index (κ3) is 14.3. The van der Waals surface area contributed by atoms with E-state index in [1.165, 1.54) is 0 Å². The van der Waals surface area contributed by atoms with Gasteiger partial charge in [0.2, 0.25) is 5.91 Å². The Balaban J connectivity index is 1.93. The summed E-state index contributed by atoms with van der Waals surface area (Å²) in [6.45, 7) is 2.52. The Morgan fingerprint density at radius 2 is 1.88 bits per heavy atom. The molecule has 1 fully saturated rings. The molecule has 1 unspecified atom stereocenters. The van der Waals surface area contributed by atoms with Crippen LogP contribution in [-0.4, -0.2) is 58.6 Å². The molecule has 0 heterocycles. The number of hydrogen-bond acceptors (Lipinski definition) is 8. The zero-order valence-corrected chi connectivity index (χ0v) is 24.1. The molecule has 10 heteroatoms. The molecule has 1 aliphatic carbocycles. The first-order valence-electron chi connectivity index (χ1n) is 14.8. The summed E-state index contributed by atoms with van der Waals surface area (Å²) in [5.74, 6) is -0.732. The van der Waals surface area contributed by atoms with Gasteiger partial charge in [0, 0.05) is 31.7 Å². The summed E-state index contributed by atoms with van der Waals surface area (Å²) in [5.41, 5.74) is 1.12. The van der Waals surface area contributed by atoms with Crippen LogP contribution in [0.1, 0.15) is 76.7 Å². The third-order valence-corrected chi connectivity index (χ3v) is 7.25. The highest BCUT2D eigenvalue weighted by Crippen LogP contribution is 2.36. The minimum Gasteiger partial charge on any atom is -0.458 e. The van der Waals surface area contributed by atoms with Crippen LogP contribution in [-0.2, 0) is 25.6 Å². The van der Waals surface area contributed by atoms with E-state index in [1.807, 2.05) is 61.6 Å². The van der Waals surface area contributed by atoms with E-state index in [-0.39, 0.29) is 36.7 Å². The largest absolute Gasteiger partial charge is 0.458 e. The van der Waals surface area contributed by atoms with Gasteiger partial charge in [0.15, 0.2) is 0 Å². The van der Waals surface area contributed by atoms with Crippen molar-refractivity contribution in [2.24, 2.45) is 11.8 Å². The van der Waals surface area contributed by atoms with Crippen LogP contribution < -0.4 is 5.32 Å². The van der Waals surface area contributed by atoms with Crippen LogP contribution in [0.15, 0.2) is 54.6 Å². The van der Waals surface area contributed by atoms with Crippen molar-refractivity contribution in [2.45, 2.75) is 95.9 Å². The van der Waals surface area contributed by atoms with Crippen molar-refractivity contribution in [3.05, 3.63) is 70.3 Å². The smallest absolute Gasteiger partial charge is 0.306 e. The molecule has 0 spiro atoms. The molecule has 0 saturated heterocycles. The van der Waals surface area contributed by atoms with E-state index in [0.29, 0.717) is 57.9 Å². The Labute approximate surface area is 242 Å². The van der Waals surface area contributed by atoms with Crippen LogP contribution in [0, 0.1) is 22.0 Å². The number of benzene rings is 1. The van der Waals surface area contributed by atoms with Gasteiger partial charge in [-0.1, -0.05) is 55.0 Å². The van der Waals surface area contributed by atoms with Crippen LogP contribution in [0.25, 0.3) is 0 Å². The van der Waals surface area contributed by atoms with Crippen molar-refractivity contribution >= 4 is 11.9 Å². The minimum atomic E-state index is -0.824. The summed E-state index contributed by atoms with van der Waals surface area (Å²) in [7, 11) is 0. The number of aliphatic hydroxyl groups excluding tert-OH is 2. The summed E-state index contributed by atoms with van der Waals surface area (Å²) >= 11 is 0. The number of ether oxygens (including phenoxy) is 1. The van der Waals surface area contributed by atoms with Gasteiger partial charge in [-0.2, -0.15) is 0 Å². The lowest BCUT2D eigenvalue weighted by atomic mass is 9.89. The van der Waals surface area contributed by atoms with Gasteiger partial charge in [-0.25, -0.2) is 0 Å². The van der Waals surface area contributed by atoms with Gasteiger partial charge >= 0.3 is 5.97 Å². The number of nitrogens with one attached hydrogen (secondary N) is 1. The highest BCUT2D eigenvalue weighted by molar-refractivity contribution is 5.75. The van der Waals surface area contributed by atoms with E-state index in [2.05, 4.69) is 10.2 Å². The van der Waals surface area contributed by atoms with E-state index >= 15 is 0 Å². The Morgan fingerprint density at radius 1 is 1.10 bits per heavy atom. The highest BCUT2D eigenvalue weighted by Gasteiger charge is 2.39. The third-order valence-electron chi connectivity index (χ3n) is 7.25. The van der Waals surface area contributed by atoms with Crippen LogP contribution >= 0.6 is 0 Å². The maximum absolute atomic E-state index is 12.6. The predicted octanol–water partition coefficient (Wildman–Crippen LogP) is 4.47. The number of hydrogen-bond donors (Lipinski definition) is 3. The average Bonchev–Trinajstić information content (AvgIpc) is 3.21. The molecule has 1 aromatic carbocycles. The number of carbonyl (C=O) groups excluding carboxylic acids is 2. The van der Waals surface area contributed by atoms with Crippen molar-refractivity contribution in [3.63, 3.8) is 0 Å². The number of esters is 1. The average molecular weight is 575 g/mol. The number of aliphatic hydroxyl groups is 2. The standard InChI is InChI=1S/C31H46N2O8/c1-2-32-30(36)16-10-4-3-9-15-26-27(29(35)23-28(26)34)21-20-25(19-18-24-13-7-5-8-14-24)41-31(37)17-11-6-12-22-40-33(38)39/h3,5,7-9,13-14,20-21,25-29,34-35H,2,4,6,10-12,15-19,22-23H2,1H3,(H,32,36)/b9-3-,21-20+/t25-,26?,27+,28-,29+/m0/s1. The number of amides is 1. The molecule has 228 valence electrons. The molecule has 1 aromatic rings. The van der Waals surface area contributed by atoms with E-state index in [9.17, 15) is 29.9 Å². The fourth-order valence-electron chi connectivity index (χ4n) is 5.06. The van der Waals surface area contributed by atoms with Crippen LogP contribution in [0.2, 0.25) is 0 Å². The zero-order chi connectivity index (χ0) is 29.9. The Morgan fingerprint density at radius 3 is 2.61 bits per heavy atom. The van der Waals surface area contributed by atoms with E-state index in [4.69, 9.17) is 4.74 Å². The van der Waals surface area contributed by atoms with E-state index in [0.717, 1.165) is 18.4 Å². The van der Waals surface area contributed by atoms with Crippen molar-refractivity contribution in [1.29, 1.82) is 0 Å². The first-order chi connectivity index (χ1) is 19.8. The molecular weight excluding hydrogens is 528 g/mol. The monoisotopic (exact) mass is 574 g/mol. The fraction of sp³-hybridized carbons (Fsp3) is 0.613. The predicted molar refractivity (Wildman–Crippen MR) is 155 cm³/mol. The summed E-state index contributed by atoms with van der Waals surface area (Å²) in [5, 5.41) is 33.5. The number of carbonyl (C=O) groups is 2. The number of nitrogens with zero attached hydrogens (tertiary/aromatic N) is 1. The molecular formula is C31H46N2O8. The normalized spacial score (nSPS) is 21.2. The molecule has 0 bridgehead atoms. The maximum Gasteiger partial charge on any atom is 0.306 e. The molecule has 10 nitrogen and oxygen atoms in total. The van der Waals surface area contributed by atoms with Gasteiger partial charge in [0.25, 0.3) is 5.09 Å². The first-order valence-corrected chi connectivity index (χ1v) is 14.8. The second-order valence-electron chi connectivity index (χ2n) is 10.5. The van der Waals surface area contributed by atoms with Gasteiger partial charge in [-0.15, -0.1) is 10.1 Å². The summed E-state index contributed by atoms with van der Waals surface area (Å²) in [6.07, 6.45) is 11.9. The minimum absolute atomic E-state index is 0.00647. The fourth-order valence-corrected chi connectivity index (χ4v) is 5.06. The molecule has 0 radical (unpaired) electrons. The molecule has 1 amide bonds. The Bertz CT molecular complexity index is 968. The maximum atomic E-state index is 12.6. The number of rotatable bonds is 20. The molecule has 5 atom stereocenters. The number of unbranched alkanes of at least 4 members (excludes halogenated alkanes) is 3. The second kappa shape index (κ2) is 19.8.